The number of nitrogens with zero attached hydrogens (tertiary/aromatic N) is 1. The van der Waals surface area contributed by atoms with E-state index in [1.807, 2.05) is 12.1 Å². The van der Waals surface area contributed by atoms with Gasteiger partial charge in [-0.1, -0.05) is 11.6 Å². The van der Waals surface area contributed by atoms with Crippen LogP contribution in [0.1, 0.15) is 17.7 Å². The van der Waals surface area contributed by atoms with E-state index in [4.69, 9.17) is 11.6 Å². The molecule has 112 valence electrons. The number of thiophene rings is 1. The Morgan fingerprint density at radius 1 is 1.55 bits per heavy atom. The number of amides is 1. The number of halogens is 1. The monoisotopic (exact) mass is 336 g/mol. The Labute approximate surface area is 128 Å². The SMILES string of the molecule is CS(=O)(=O)NC1CCN(C(=O)CCc2ccc(Cl)s2)C1. The van der Waals surface area contributed by atoms with Crippen LogP contribution in [0, 0.1) is 0 Å². The van der Waals surface area contributed by atoms with E-state index in [0.29, 0.717) is 32.4 Å². The minimum absolute atomic E-state index is 0.0623. The van der Waals surface area contributed by atoms with Crippen LogP contribution in [-0.2, 0) is 21.2 Å². The van der Waals surface area contributed by atoms with E-state index in [1.165, 1.54) is 11.3 Å². The summed E-state index contributed by atoms with van der Waals surface area (Å²) in [5.41, 5.74) is 0. The molecule has 1 amide bonds. The van der Waals surface area contributed by atoms with Gasteiger partial charge in [0.1, 0.15) is 0 Å². The van der Waals surface area contributed by atoms with E-state index in [-0.39, 0.29) is 11.9 Å². The van der Waals surface area contributed by atoms with Gasteiger partial charge in [0.05, 0.1) is 10.6 Å². The van der Waals surface area contributed by atoms with Gasteiger partial charge in [0.15, 0.2) is 0 Å². The molecule has 0 spiro atoms. The zero-order chi connectivity index (χ0) is 14.8. The van der Waals surface area contributed by atoms with Crippen LogP contribution in [0.25, 0.3) is 0 Å². The summed E-state index contributed by atoms with van der Waals surface area (Å²) < 4.78 is 25.6. The molecule has 5 nitrogen and oxygen atoms in total. The Kier molecular flexibility index (Phi) is 5.06. The average molecular weight is 337 g/mol. The topological polar surface area (TPSA) is 66.5 Å². The standard InChI is InChI=1S/C12H17ClN2O3S2/c1-20(17,18)14-9-6-7-15(8-9)12(16)5-3-10-2-4-11(13)19-10/h2,4,9,14H,3,5-8H2,1H3. The zero-order valence-electron chi connectivity index (χ0n) is 11.1. The molecular weight excluding hydrogens is 320 g/mol. The molecule has 8 heteroatoms. The van der Waals surface area contributed by atoms with Gasteiger partial charge in [-0.2, -0.15) is 0 Å². The molecule has 2 rings (SSSR count). The predicted octanol–water partition coefficient (Wildman–Crippen LogP) is 1.48. The van der Waals surface area contributed by atoms with Gasteiger partial charge in [-0.3, -0.25) is 4.79 Å². The minimum atomic E-state index is -3.21. The van der Waals surface area contributed by atoms with E-state index in [9.17, 15) is 13.2 Å². The lowest BCUT2D eigenvalue weighted by atomic mass is 10.2. The molecule has 1 aliphatic heterocycles. The van der Waals surface area contributed by atoms with Crippen molar-refractivity contribution in [2.24, 2.45) is 0 Å². The van der Waals surface area contributed by atoms with Crippen molar-refractivity contribution in [3.63, 3.8) is 0 Å². The summed E-state index contributed by atoms with van der Waals surface area (Å²) in [4.78, 5) is 14.9. The van der Waals surface area contributed by atoms with Gasteiger partial charge in [-0.05, 0) is 25.0 Å². The molecule has 1 fully saturated rings. The maximum Gasteiger partial charge on any atom is 0.222 e. The van der Waals surface area contributed by atoms with Crippen LogP contribution in [0.2, 0.25) is 4.34 Å². The molecule has 1 aromatic heterocycles. The summed E-state index contributed by atoms with van der Waals surface area (Å²) in [6.07, 6.45) is 2.92. The molecule has 1 saturated heterocycles. The minimum Gasteiger partial charge on any atom is -0.341 e. The third-order valence-corrected chi connectivity index (χ3v) is 5.19. The van der Waals surface area contributed by atoms with Crippen molar-refractivity contribution >= 4 is 38.9 Å². The Hall–Kier alpha value is -0.630. The molecule has 0 aromatic carbocycles. The Balaban J connectivity index is 1.79. The molecule has 1 aromatic rings. The van der Waals surface area contributed by atoms with Crippen molar-refractivity contribution in [1.82, 2.24) is 9.62 Å². The highest BCUT2D eigenvalue weighted by molar-refractivity contribution is 7.88. The number of hydrogen-bond acceptors (Lipinski definition) is 4. The summed E-state index contributed by atoms with van der Waals surface area (Å²) in [5, 5.41) is 0. The number of nitrogens with one attached hydrogen (secondary N) is 1. The lowest BCUT2D eigenvalue weighted by Gasteiger charge is -2.16. The fourth-order valence-corrected chi connectivity index (χ4v) is 4.15. The van der Waals surface area contributed by atoms with Crippen LogP contribution in [0.4, 0.5) is 0 Å². The van der Waals surface area contributed by atoms with Gasteiger partial charge in [0, 0.05) is 30.4 Å². The molecule has 1 atom stereocenters. The molecule has 0 aliphatic carbocycles. The van der Waals surface area contributed by atoms with Crippen LogP contribution >= 0.6 is 22.9 Å². The molecule has 1 unspecified atom stereocenters. The van der Waals surface area contributed by atoms with E-state index in [1.54, 1.807) is 4.90 Å². The van der Waals surface area contributed by atoms with Crippen molar-refractivity contribution in [2.75, 3.05) is 19.3 Å². The first-order chi connectivity index (χ1) is 9.33. The highest BCUT2D eigenvalue weighted by Crippen LogP contribution is 2.23. The molecule has 1 aliphatic rings. The quantitative estimate of drug-likeness (QED) is 0.885. The number of likely N-dealkylation sites (tertiary alicyclic amines) is 1. The van der Waals surface area contributed by atoms with E-state index < -0.39 is 10.0 Å². The van der Waals surface area contributed by atoms with Crippen LogP contribution in [0.3, 0.4) is 0 Å². The maximum absolute atomic E-state index is 12.1. The van der Waals surface area contributed by atoms with Crippen molar-refractivity contribution in [1.29, 1.82) is 0 Å². The summed E-state index contributed by atoms with van der Waals surface area (Å²) >= 11 is 7.33. The second-order valence-corrected chi connectivity index (χ2v) is 8.50. The van der Waals surface area contributed by atoms with Gasteiger partial charge in [0.25, 0.3) is 0 Å². The largest absolute Gasteiger partial charge is 0.341 e. The summed E-state index contributed by atoms with van der Waals surface area (Å²) in [5.74, 6) is 0.0623. The number of aryl methyl sites for hydroxylation is 1. The third-order valence-electron chi connectivity index (χ3n) is 3.14. The van der Waals surface area contributed by atoms with E-state index in [2.05, 4.69) is 4.72 Å². The molecule has 2 heterocycles. The Morgan fingerprint density at radius 3 is 2.90 bits per heavy atom. The second kappa shape index (κ2) is 6.43. The van der Waals surface area contributed by atoms with Gasteiger partial charge in [0.2, 0.25) is 15.9 Å². The first-order valence-corrected chi connectivity index (χ1v) is 9.41. The predicted molar refractivity (Wildman–Crippen MR) is 80.6 cm³/mol. The van der Waals surface area contributed by atoms with Crippen molar-refractivity contribution in [2.45, 2.75) is 25.3 Å². The molecule has 0 bridgehead atoms. The first-order valence-electron chi connectivity index (χ1n) is 6.33. The van der Waals surface area contributed by atoms with E-state index in [0.717, 1.165) is 15.5 Å². The Bertz CT molecular complexity index is 585. The Morgan fingerprint density at radius 2 is 2.30 bits per heavy atom. The van der Waals surface area contributed by atoms with Gasteiger partial charge in [-0.15, -0.1) is 11.3 Å². The normalized spacial score (nSPS) is 19.5. The van der Waals surface area contributed by atoms with Crippen molar-refractivity contribution in [3.8, 4) is 0 Å². The number of rotatable bonds is 5. The number of carbonyl (C=O) groups is 1. The smallest absolute Gasteiger partial charge is 0.222 e. The average Bonchev–Trinajstić information content (AvgIpc) is 2.93. The third kappa shape index (κ3) is 4.73. The van der Waals surface area contributed by atoms with Gasteiger partial charge >= 0.3 is 0 Å². The summed E-state index contributed by atoms with van der Waals surface area (Å²) in [6.45, 7) is 1.06. The fraction of sp³-hybridized carbons (Fsp3) is 0.583. The summed E-state index contributed by atoms with van der Waals surface area (Å²) in [7, 11) is -3.21. The molecule has 0 saturated carbocycles. The zero-order valence-corrected chi connectivity index (χ0v) is 13.5. The maximum atomic E-state index is 12.1. The van der Waals surface area contributed by atoms with Crippen molar-refractivity contribution < 1.29 is 13.2 Å². The second-order valence-electron chi connectivity index (χ2n) is 4.92. The highest BCUT2D eigenvalue weighted by atomic mass is 35.5. The fourth-order valence-electron chi connectivity index (χ4n) is 2.26. The highest BCUT2D eigenvalue weighted by Gasteiger charge is 2.27. The molecule has 0 radical (unpaired) electrons. The first kappa shape index (κ1) is 15.8. The lowest BCUT2D eigenvalue weighted by molar-refractivity contribution is -0.130. The van der Waals surface area contributed by atoms with Crippen LogP contribution in [-0.4, -0.2) is 44.6 Å². The van der Waals surface area contributed by atoms with Gasteiger partial charge in [-0.25, -0.2) is 13.1 Å². The van der Waals surface area contributed by atoms with Crippen molar-refractivity contribution in [3.05, 3.63) is 21.3 Å². The number of hydrogen-bond donors (Lipinski definition) is 1. The van der Waals surface area contributed by atoms with Crippen LogP contribution in [0.5, 0.6) is 0 Å². The number of sulfonamides is 1. The van der Waals surface area contributed by atoms with E-state index >= 15 is 0 Å². The number of carbonyl (C=O) groups excluding carboxylic acids is 1. The lowest BCUT2D eigenvalue weighted by Crippen LogP contribution is -2.37. The molecule has 1 N–H and O–H groups in total. The van der Waals surface area contributed by atoms with Crippen LogP contribution in [0.15, 0.2) is 12.1 Å². The molecular formula is C12H17ClN2O3S2. The van der Waals surface area contributed by atoms with Gasteiger partial charge < -0.3 is 4.90 Å². The summed E-state index contributed by atoms with van der Waals surface area (Å²) in [6, 6.07) is 3.59. The van der Waals surface area contributed by atoms with Crippen LogP contribution < -0.4 is 4.72 Å². The molecule has 20 heavy (non-hydrogen) atoms.